The van der Waals surface area contributed by atoms with Crippen LogP contribution in [0.3, 0.4) is 0 Å². The molecule has 0 N–H and O–H groups in total. The van der Waals surface area contributed by atoms with Crippen LogP contribution in [0.25, 0.3) is 0 Å². The summed E-state index contributed by atoms with van der Waals surface area (Å²) >= 11 is 9.83. The van der Waals surface area contributed by atoms with E-state index >= 15 is 0 Å². The van der Waals surface area contributed by atoms with Gasteiger partial charge in [0.2, 0.25) is 5.45 Å². The highest BCUT2D eigenvalue weighted by molar-refractivity contribution is 9.10. The normalized spacial score (nSPS) is 16.7. The lowest BCUT2D eigenvalue weighted by molar-refractivity contribution is -0.134. The molecule has 0 radical (unpaired) electrons. The molecule has 3 aromatic carbocycles. The molecule has 0 saturated carbocycles. The van der Waals surface area contributed by atoms with Crippen LogP contribution in [0, 0.1) is 0 Å². The Morgan fingerprint density at radius 3 is 1.97 bits per heavy atom. The molecule has 1 spiro atoms. The number of para-hydroxylation sites is 2. The van der Waals surface area contributed by atoms with E-state index < -0.39 is 13.2 Å². The van der Waals surface area contributed by atoms with Gasteiger partial charge in [-0.15, -0.1) is 11.6 Å². The Morgan fingerprint density at radius 1 is 0.921 bits per heavy atom. The van der Waals surface area contributed by atoms with Crippen LogP contribution in [0.4, 0.5) is 17.1 Å². The highest BCUT2D eigenvalue weighted by Gasteiger charge is 2.53. The van der Waals surface area contributed by atoms with Gasteiger partial charge in [0.15, 0.2) is 0 Å². The van der Waals surface area contributed by atoms with Crippen LogP contribution in [0.5, 0.6) is 0 Å². The van der Waals surface area contributed by atoms with Crippen molar-refractivity contribution < 1.29 is 14.3 Å². The second-order valence-corrected chi connectivity index (χ2v) is 13.1. The van der Waals surface area contributed by atoms with Crippen LogP contribution in [0.2, 0.25) is 0 Å². The van der Waals surface area contributed by atoms with Gasteiger partial charge >= 0.3 is 5.97 Å². The molecule has 1 fully saturated rings. The lowest BCUT2D eigenvalue weighted by atomic mass is 10.2. The number of hydrogen-bond donors (Lipinski definition) is 0. The van der Waals surface area contributed by atoms with Gasteiger partial charge in [0.25, 0.3) is 5.91 Å². The lowest BCUT2D eigenvalue weighted by Gasteiger charge is -2.44. The van der Waals surface area contributed by atoms with Gasteiger partial charge in [-0.05, 0) is 61.9 Å². The first-order valence-electron chi connectivity index (χ1n) is 12.4. The van der Waals surface area contributed by atoms with Crippen molar-refractivity contribution in [2.75, 3.05) is 39.9 Å². The Morgan fingerprint density at radius 2 is 1.47 bits per heavy atom. The number of hydrogen-bond acceptors (Lipinski definition) is 6. The number of alkyl halides is 1. The molecule has 0 bridgehead atoms. The Labute approximate surface area is 235 Å². The zero-order valence-corrected chi connectivity index (χ0v) is 24.1. The molecule has 5 rings (SSSR count). The molecule has 2 aliphatic rings. The van der Waals surface area contributed by atoms with Crippen molar-refractivity contribution in [1.82, 2.24) is 0 Å². The minimum Gasteiger partial charge on any atom is -0.461 e. The van der Waals surface area contributed by atoms with Crippen LogP contribution in [-0.4, -0.2) is 48.2 Å². The Balaban J connectivity index is 1.85. The maximum Gasteiger partial charge on any atom is 0.362 e. The SMILES string of the molecule is CCOC(=O)C1=NN(c2ccc(Br)cc2)C(=O)C(CCCl)=P12N(c1ccccc1)CCN2c1ccccc1. The monoisotopic (exact) mass is 612 g/mol. The smallest absolute Gasteiger partial charge is 0.362 e. The van der Waals surface area contributed by atoms with Gasteiger partial charge in [-0.3, -0.25) is 4.79 Å². The van der Waals surface area contributed by atoms with Crippen molar-refractivity contribution in [2.24, 2.45) is 5.10 Å². The van der Waals surface area contributed by atoms with Crippen LogP contribution in [0.1, 0.15) is 13.3 Å². The van der Waals surface area contributed by atoms with Gasteiger partial charge in [0.1, 0.15) is 7.19 Å². The summed E-state index contributed by atoms with van der Waals surface area (Å²) in [6.07, 6.45) is 0.298. The van der Waals surface area contributed by atoms with Gasteiger partial charge in [-0.1, -0.05) is 52.3 Å². The number of ether oxygens (including phenoxy) is 1. The molecule has 2 aliphatic heterocycles. The van der Waals surface area contributed by atoms with Crippen molar-refractivity contribution in [3.05, 3.63) is 89.4 Å². The van der Waals surface area contributed by atoms with E-state index in [9.17, 15) is 9.59 Å². The Kier molecular flexibility index (Phi) is 7.93. The number of hydrazone groups is 1. The lowest BCUT2D eigenvalue weighted by Crippen LogP contribution is -2.46. The zero-order chi connectivity index (χ0) is 26.7. The van der Waals surface area contributed by atoms with Gasteiger partial charge in [0.05, 0.1) is 17.6 Å². The number of halogens is 2. The quantitative estimate of drug-likeness (QED) is 0.177. The standard InChI is InChI=1S/C28H27BrClN4O3P/c1-2-37-28(36)26-31-34(24-15-13-21(29)14-16-24)27(35)25(17-18-30)38(26)32(22-9-5-3-6-10-22)19-20-33(38)23-11-7-4-8-12-23/h3-16H,2,17-20H2,1H3. The highest BCUT2D eigenvalue weighted by atomic mass is 79.9. The van der Waals surface area contributed by atoms with Crippen molar-refractivity contribution >= 4 is 74.4 Å². The average Bonchev–Trinajstić information content (AvgIpc) is 3.33. The van der Waals surface area contributed by atoms with Gasteiger partial charge in [0, 0.05) is 34.8 Å². The minimum absolute atomic E-state index is 0.186. The molecule has 38 heavy (non-hydrogen) atoms. The van der Waals surface area contributed by atoms with Crippen molar-refractivity contribution in [1.29, 1.82) is 0 Å². The molecule has 0 atom stereocenters. The van der Waals surface area contributed by atoms with Crippen LogP contribution >= 0.6 is 34.7 Å². The fourth-order valence-corrected chi connectivity index (χ4v) is 10.1. The molecule has 0 aliphatic carbocycles. The van der Waals surface area contributed by atoms with Crippen LogP contribution in [0.15, 0.2) is 94.5 Å². The molecule has 10 heteroatoms. The zero-order valence-electron chi connectivity index (χ0n) is 20.8. The summed E-state index contributed by atoms with van der Waals surface area (Å²) in [5.74, 6) is -0.581. The van der Waals surface area contributed by atoms with E-state index in [1.165, 1.54) is 5.01 Å². The molecule has 1 amide bonds. The number of anilines is 3. The summed E-state index contributed by atoms with van der Waals surface area (Å²) in [7, 11) is -3.08. The average molecular weight is 614 g/mol. The highest BCUT2D eigenvalue weighted by Crippen LogP contribution is 2.65. The number of rotatable bonds is 7. The molecule has 3 aromatic rings. The molecule has 2 heterocycles. The molecule has 0 aromatic heterocycles. The number of benzene rings is 3. The van der Waals surface area contributed by atoms with Crippen LogP contribution < -0.4 is 14.3 Å². The first-order chi connectivity index (χ1) is 18.5. The molecular weight excluding hydrogens is 587 g/mol. The molecular formula is C28H27BrClN4O3P. The topological polar surface area (TPSA) is 65.5 Å². The largest absolute Gasteiger partial charge is 0.461 e. The number of carbonyl (C=O) groups excluding carboxylic acids is 2. The number of nitrogens with zero attached hydrogens (tertiary/aromatic N) is 4. The van der Waals surface area contributed by atoms with Crippen molar-refractivity contribution in [2.45, 2.75) is 13.3 Å². The Hall–Kier alpha value is -3.06. The fourth-order valence-electron chi connectivity index (χ4n) is 4.98. The second-order valence-electron chi connectivity index (χ2n) is 8.64. The maximum absolute atomic E-state index is 14.4. The van der Waals surface area contributed by atoms with E-state index in [0.717, 1.165) is 15.8 Å². The molecule has 1 saturated heterocycles. The fraction of sp³-hybridized carbons (Fsp3) is 0.214. The predicted molar refractivity (Wildman–Crippen MR) is 161 cm³/mol. The van der Waals surface area contributed by atoms with Crippen molar-refractivity contribution in [3.8, 4) is 0 Å². The third kappa shape index (κ3) is 4.55. The first-order valence-corrected chi connectivity index (χ1v) is 15.4. The molecule has 196 valence electrons. The van der Waals surface area contributed by atoms with E-state index in [1.54, 1.807) is 19.1 Å². The Bertz CT molecular complexity index is 1370. The maximum atomic E-state index is 14.4. The van der Waals surface area contributed by atoms with E-state index in [0.29, 0.717) is 30.5 Å². The van der Waals surface area contributed by atoms with Gasteiger partial charge < -0.3 is 14.1 Å². The van der Waals surface area contributed by atoms with Crippen molar-refractivity contribution in [3.63, 3.8) is 0 Å². The van der Waals surface area contributed by atoms with E-state index in [4.69, 9.17) is 21.4 Å². The van der Waals surface area contributed by atoms with Gasteiger partial charge in [-0.2, -0.15) is 10.1 Å². The van der Waals surface area contributed by atoms with E-state index in [-0.39, 0.29) is 23.8 Å². The second kappa shape index (κ2) is 11.4. The summed E-state index contributed by atoms with van der Waals surface area (Å²) < 4.78 is 10.9. The third-order valence-electron chi connectivity index (χ3n) is 6.50. The number of amides is 1. The summed E-state index contributed by atoms with van der Waals surface area (Å²) in [6.45, 7) is 3.16. The summed E-state index contributed by atoms with van der Waals surface area (Å²) in [4.78, 5) is 28.2. The summed E-state index contributed by atoms with van der Waals surface area (Å²) in [5.41, 5.74) is 2.61. The van der Waals surface area contributed by atoms with Crippen LogP contribution in [-0.2, 0) is 14.3 Å². The summed E-state index contributed by atoms with van der Waals surface area (Å²) in [5, 5.41) is 6.70. The predicted octanol–water partition coefficient (Wildman–Crippen LogP) is 6.35. The molecule has 7 nitrogen and oxygen atoms in total. The van der Waals surface area contributed by atoms with Gasteiger partial charge in [-0.25, -0.2) is 4.79 Å². The minimum atomic E-state index is -3.08. The number of carbonyl (C=O) groups is 2. The van der Waals surface area contributed by atoms with E-state index in [2.05, 4.69) is 25.3 Å². The van der Waals surface area contributed by atoms with E-state index in [1.807, 2.05) is 72.8 Å². The number of esters is 1. The summed E-state index contributed by atoms with van der Waals surface area (Å²) in [6, 6.07) is 27.0. The third-order valence-corrected chi connectivity index (χ3v) is 11.5. The molecule has 0 unspecified atom stereocenters. The first kappa shape index (κ1) is 26.5.